The van der Waals surface area contributed by atoms with Gasteiger partial charge in [-0.05, 0) is 136 Å². The van der Waals surface area contributed by atoms with Crippen molar-refractivity contribution in [1.29, 1.82) is 0 Å². The molecule has 2 aliphatic heterocycles. The Morgan fingerprint density at radius 3 is 1.94 bits per heavy atom. The first-order valence-corrected chi connectivity index (χ1v) is 20.2. The summed E-state index contributed by atoms with van der Waals surface area (Å²) in [6.07, 6.45) is 0.885. The van der Waals surface area contributed by atoms with Crippen molar-refractivity contribution in [2.24, 2.45) is 5.41 Å². The van der Waals surface area contributed by atoms with E-state index in [1.165, 1.54) is 49.8 Å². The molecule has 0 spiro atoms. The van der Waals surface area contributed by atoms with Crippen molar-refractivity contribution < 1.29 is 9.47 Å². The molecule has 0 saturated heterocycles. The molecule has 2 heterocycles. The van der Waals surface area contributed by atoms with Crippen molar-refractivity contribution in [3.05, 3.63) is 128 Å². The van der Waals surface area contributed by atoms with Gasteiger partial charge in [0.25, 0.3) is 0 Å². The molecule has 0 N–H and O–H groups in total. The summed E-state index contributed by atoms with van der Waals surface area (Å²) < 4.78 is 15.1. The van der Waals surface area contributed by atoms with E-state index in [1.54, 1.807) is 0 Å². The Bertz CT molecular complexity index is 2490. The Kier molecular flexibility index (Phi) is 7.70. The van der Waals surface area contributed by atoms with Crippen LogP contribution in [0.1, 0.15) is 77.6 Å². The van der Waals surface area contributed by atoms with Gasteiger partial charge in [-0.15, -0.1) is 0 Å². The van der Waals surface area contributed by atoms with Gasteiger partial charge in [-0.3, -0.25) is 0 Å². The molecule has 6 aromatic rings. The second kappa shape index (κ2) is 11.7. The predicted octanol–water partition coefficient (Wildman–Crippen LogP) is 13.6. The lowest BCUT2D eigenvalue weighted by atomic mass is 9.56. The van der Waals surface area contributed by atoms with Crippen molar-refractivity contribution >= 4 is 76.2 Å². The highest BCUT2D eigenvalue weighted by Gasteiger charge is 2.59. The summed E-state index contributed by atoms with van der Waals surface area (Å²) in [7, 11) is 0. The fraction of sp³-hybridized carbons (Fsp3) is 0.319. The predicted molar refractivity (Wildman–Crippen MR) is 228 cm³/mol. The molecule has 0 bridgehead atoms. The normalized spacial score (nSPS) is 19.7. The van der Waals surface area contributed by atoms with Crippen LogP contribution in [0.2, 0.25) is 0 Å². The molecule has 53 heavy (non-hydrogen) atoms. The minimum atomic E-state index is -0.193. The van der Waals surface area contributed by atoms with E-state index in [0.29, 0.717) is 13.5 Å². The highest BCUT2D eigenvalue weighted by atomic mass is 79.9. The molecule has 6 heteroatoms. The van der Waals surface area contributed by atoms with Crippen LogP contribution in [0.3, 0.4) is 0 Å². The van der Waals surface area contributed by atoms with Gasteiger partial charge in [0.15, 0.2) is 13.5 Å². The lowest BCUT2D eigenvalue weighted by Gasteiger charge is -2.47. The monoisotopic (exact) mass is 828 g/mol. The standard InChI is InChI=1S/C47H46Br2N2O2/c1-44(2,3)30-19-20-34(48)38(22-30)51-27-53-41-17-11-14-31-29(18-21-37(51)43(31)41)25-47(8)33-24-39(35(49)23-32(33)45(4,5)46(47,6)7)50-26-52-40-16-10-13-28-12-9-15-36(50)42(28)40/h9-24H,25-27H2,1-8H3. The maximum Gasteiger partial charge on any atom is 0.165 e. The third-order valence-electron chi connectivity index (χ3n) is 13.4. The molecule has 3 aliphatic rings. The maximum absolute atomic E-state index is 6.55. The van der Waals surface area contributed by atoms with E-state index in [-0.39, 0.29) is 21.7 Å². The molecule has 0 aromatic heterocycles. The van der Waals surface area contributed by atoms with Gasteiger partial charge < -0.3 is 19.3 Å². The van der Waals surface area contributed by atoms with Crippen LogP contribution in [0.25, 0.3) is 21.5 Å². The zero-order chi connectivity index (χ0) is 37.2. The van der Waals surface area contributed by atoms with Crippen molar-refractivity contribution in [3.8, 4) is 11.5 Å². The fourth-order valence-electron chi connectivity index (χ4n) is 9.34. The van der Waals surface area contributed by atoms with Gasteiger partial charge in [-0.1, -0.05) is 104 Å². The first-order valence-electron chi connectivity index (χ1n) is 18.6. The minimum Gasteiger partial charge on any atom is -0.472 e. The van der Waals surface area contributed by atoms with Crippen molar-refractivity contribution in [1.82, 2.24) is 0 Å². The topological polar surface area (TPSA) is 24.9 Å². The van der Waals surface area contributed by atoms with Gasteiger partial charge in [-0.25, -0.2) is 0 Å². The van der Waals surface area contributed by atoms with E-state index in [2.05, 4.69) is 194 Å². The van der Waals surface area contributed by atoms with E-state index in [0.717, 1.165) is 43.6 Å². The average Bonchev–Trinajstić information content (AvgIpc) is 3.23. The summed E-state index contributed by atoms with van der Waals surface area (Å²) in [5, 5.41) is 4.78. The average molecular weight is 831 g/mol. The number of halogens is 2. The summed E-state index contributed by atoms with van der Waals surface area (Å²) in [6.45, 7) is 20.0. The highest BCUT2D eigenvalue weighted by Crippen LogP contribution is 2.64. The molecule has 0 radical (unpaired) electrons. The molecule has 1 aliphatic carbocycles. The molecular formula is C47H46Br2N2O2. The molecule has 0 amide bonds. The van der Waals surface area contributed by atoms with Crippen LogP contribution in [-0.4, -0.2) is 13.5 Å². The third-order valence-corrected chi connectivity index (χ3v) is 14.7. The highest BCUT2D eigenvalue weighted by molar-refractivity contribution is 9.11. The molecular weight excluding hydrogens is 784 g/mol. The lowest BCUT2D eigenvalue weighted by molar-refractivity contribution is 0.111. The van der Waals surface area contributed by atoms with Gasteiger partial charge in [0, 0.05) is 25.1 Å². The smallest absolute Gasteiger partial charge is 0.165 e. The van der Waals surface area contributed by atoms with Gasteiger partial charge >= 0.3 is 0 Å². The lowest BCUT2D eigenvalue weighted by Crippen LogP contribution is -2.45. The number of nitrogens with zero attached hydrogens (tertiary/aromatic N) is 2. The second-order valence-electron chi connectivity index (χ2n) is 17.5. The minimum absolute atomic E-state index is 0.0328. The SMILES string of the molecule is CC(C)(C)c1ccc(Br)c(N2COc3cccc4c(CC5(C)c6cc(N7COc8cccc9cccc7c89)c(Br)cc6C(C)(C)C5(C)C)ccc2c34)c1. The van der Waals surface area contributed by atoms with Gasteiger partial charge in [0.1, 0.15) is 11.5 Å². The first-order chi connectivity index (χ1) is 25.1. The summed E-state index contributed by atoms with van der Waals surface area (Å²) in [5.74, 6) is 1.89. The molecule has 9 rings (SSSR count). The second-order valence-corrected chi connectivity index (χ2v) is 19.2. The van der Waals surface area contributed by atoms with E-state index >= 15 is 0 Å². The Balaban J connectivity index is 1.18. The largest absolute Gasteiger partial charge is 0.472 e. The van der Waals surface area contributed by atoms with Crippen LogP contribution in [0.4, 0.5) is 22.7 Å². The number of hydrogen-bond donors (Lipinski definition) is 0. The Labute approximate surface area is 330 Å². The van der Waals surface area contributed by atoms with Crippen LogP contribution in [0, 0.1) is 5.41 Å². The molecule has 1 unspecified atom stereocenters. The zero-order valence-corrected chi connectivity index (χ0v) is 35.0. The number of fused-ring (bicyclic) bond motifs is 1. The summed E-state index contributed by atoms with van der Waals surface area (Å²) in [5.41, 5.74) is 9.72. The van der Waals surface area contributed by atoms with Crippen LogP contribution < -0.4 is 19.3 Å². The van der Waals surface area contributed by atoms with Crippen LogP contribution >= 0.6 is 31.9 Å². The maximum atomic E-state index is 6.55. The molecule has 0 saturated carbocycles. The van der Waals surface area contributed by atoms with Gasteiger partial charge in [0.05, 0.1) is 22.7 Å². The third kappa shape index (κ3) is 4.97. The van der Waals surface area contributed by atoms with Crippen molar-refractivity contribution in [2.75, 3.05) is 23.3 Å². The van der Waals surface area contributed by atoms with Crippen LogP contribution in [0.15, 0.2) is 106 Å². The fourth-order valence-corrected chi connectivity index (χ4v) is 10.4. The molecule has 0 fully saturated rings. The first kappa shape index (κ1) is 34.7. The Morgan fingerprint density at radius 1 is 0.623 bits per heavy atom. The van der Waals surface area contributed by atoms with Crippen molar-refractivity contribution in [2.45, 2.75) is 78.1 Å². The molecule has 1 atom stereocenters. The Morgan fingerprint density at radius 2 is 1.25 bits per heavy atom. The quantitative estimate of drug-likeness (QED) is 0.177. The van der Waals surface area contributed by atoms with Crippen LogP contribution in [0.5, 0.6) is 11.5 Å². The van der Waals surface area contributed by atoms with E-state index in [9.17, 15) is 0 Å². The summed E-state index contributed by atoms with van der Waals surface area (Å²) >= 11 is 7.94. The van der Waals surface area contributed by atoms with Gasteiger partial charge in [-0.2, -0.15) is 0 Å². The number of anilines is 4. The van der Waals surface area contributed by atoms with E-state index < -0.39 is 0 Å². The number of ether oxygens (including phenoxy) is 2. The number of benzene rings is 6. The molecule has 270 valence electrons. The summed E-state index contributed by atoms with van der Waals surface area (Å²) in [6, 6.07) is 35.7. The summed E-state index contributed by atoms with van der Waals surface area (Å²) in [4.78, 5) is 4.65. The zero-order valence-electron chi connectivity index (χ0n) is 31.8. The van der Waals surface area contributed by atoms with Gasteiger partial charge in [0.2, 0.25) is 0 Å². The molecule has 4 nitrogen and oxygen atoms in total. The van der Waals surface area contributed by atoms with E-state index in [4.69, 9.17) is 9.47 Å². The van der Waals surface area contributed by atoms with Crippen molar-refractivity contribution in [3.63, 3.8) is 0 Å². The van der Waals surface area contributed by atoms with Crippen LogP contribution in [-0.2, 0) is 22.7 Å². The number of rotatable bonds is 4. The number of hydrogen-bond acceptors (Lipinski definition) is 4. The Hall–Kier alpha value is -4.00. The van der Waals surface area contributed by atoms with E-state index in [1.807, 2.05) is 0 Å². The molecule has 6 aromatic carbocycles.